The van der Waals surface area contributed by atoms with Gasteiger partial charge in [-0.3, -0.25) is 9.52 Å². The van der Waals surface area contributed by atoms with Crippen LogP contribution < -0.4 is 9.62 Å². The molecule has 1 amide bonds. The lowest BCUT2D eigenvalue weighted by Gasteiger charge is -2.36. The summed E-state index contributed by atoms with van der Waals surface area (Å²) in [5, 5.41) is 0. The number of hydrogen-bond acceptors (Lipinski definition) is 4. The third-order valence-electron chi connectivity index (χ3n) is 6.50. The highest BCUT2D eigenvalue weighted by Gasteiger charge is 2.26. The summed E-state index contributed by atoms with van der Waals surface area (Å²) in [5.74, 6) is 0.643. The first-order chi connectivity index (χ1) is 15.4. The minimum atomic E-state index is -3.41. The van der Waals surface area contributed by atoms with Crippen molar-refractivity contribution in [3.8, 4) is 0 Å². The summed E-state index contributed by atoms with van der Waals surface area (Å²) >= 11 is 0. The van der Waals surface area contributed by atoms with Gasteiger partial charge in [-0.1, -0.05) is 30.3 Å². The van der Waals surface area contributed by atoms with Crippen molar-refractivity contribution in [2.75, 3.05) is 42.1 Å². The molecule has 2 aromatic rings. The Morgan fingerprint density at radius 2 is 1.66 bits per heavy atom. The van der Waals surface area contributed by atoms with Gasteiger partial charge in [0.05, 0.1) is 11.8 Å². The summed E-state index contributed by atoms with van der Waals surface area (Å²) in [6, 6.07) is 16.0. The number of carbonyl (C=O) groups is 1. The Hall–Kier alpha value is -2.54. The molecule has 32 heavy (non-hydrogen) atoms. The third kappa shape index (κ3) is 5.82. The number of likely N-dealkylation sites (tertiary alicyclic amines) is 1. The third-order valence-corrected chi connectivity index (χ3v) is 7.10. The quantitative estimate of drug-likeness (QED) is 0.711. The molecule has 2 fully saturated rings. The monoisotopic (exact) mass is 455 g/mol. The topological polar surface area (TPSA) is 69.7 Å². The summed E-state index contributed by atoms with van der Waals surface area (Å²) in [4.78, 5) is 17.6. The Kier molecular flexibility index (Phi) is 7.04. The molecule has 4 rings (SSSR count). The van der Waals surface area contributed by atoms with Crippen LogP contribution in [0.15, 0.2) is 48.5 Å². The first kappa shape index (κ1) is 22.6. The Morgan fingerprint density at radius 3 is 2.31 bits per heavy atom. The van der Waals surface area contributed by atoms with E-state index in [1.54, 1.807) is 12.1 Å². The minimum absolute atomic E-state index is 0.00302. The van der Waals surface area contributed by atoms with E-state index in [-0.39, 0.29) is 5.91 Å². The number of sulfonamides is 1. The minimum Gasteiger partial charge on any atom is -0.371 e. The molecule has 2 aromatic carbocycles. The number of anilines is 2. The highest BCUT2D eigenvalue weighted by Crippen LogP contribution is 2.31. The fourth-order valence-corrected chi connectivity index (χ4v) is 5.41. The molecule has 6 nitrogen and oxygen atoms in total. The largest absolute Gasteiger partial charge is 0.371 e. The highest BCUT2D eigenvalue weighted by molar-refractivity contribution is 7.92. The van der Waals surface area contributed by atoms with Crippen LogP contribution >= 0.6 is 0 Å². The lowest BCUT2D eigenvalue weighted by atomic mass is 9.89. The predicted octanol–water partition coefficient (Wildman–Crippen LogP) is 4.14. The van der Waals surface area contributed by atoms with Gasteiger partial charge in [-0.15, -0.1) is 0 Å². The molecule has 0 atom stereocenters. The second kappa shape index (κ2) is 9.94. The molecular formula is C25H33N3O3S. The molecule has 2 aliphatic rings. The van der Waals surface area contributed by atoms with E-state index in [2.05, 4.69) is 40.0 Å². The van der Waals surface area contributed by atoms with E-state index in [0.29, 0.717) is 17.2 Å². The molecule has 1 N–H and O–H groups in total. The molecule has 0 bridgehead atoms. The number of piperidine rings is 2. The standard InChI is InChI=1S/C25H33N3O3S/c1-32(30,31)26-22-10-11-24(23(19-22)25(29)28-14-6-3-7-15-28)27-16-12-21(13-17-27)18-20-8-4-2-5-9-20/h2,4-5,8-11,19,21,26H,3,6-7,12-18H2,1H3. The molecule has 0 unspecified atom stereocenters. The maximum atomic E-state index is 13.4. The summed E-state index contributed by atoms with van der Waals surface area (Å²) in [5.41, 5.74) is 3.33. The zero-order valence-electron chi connectivity index (χ0n) is 18.8. The molecule has 0 aliphatic carbocycles. The highest BCUT2D eigenvalue weighted by atomic mass is 32.2. The molecule has 0 saturated carbocycles. The van der Waals surface area contributed by atoms with Crippen LogP contribution in [-0.2, 0) is 16.4 Å². The number of rotatable bonds is 6. The van der Waals surface area contributed by atoms with E-state index in [0.717, 1.165) is 76.6 Å². The number of amides is 1. The average Bonchev–Trinajstić information content (AvgIpc) is 2.79. The SMILES string of the molecule is CS(=O)(=O)Nc1ccc(N2CCC(Cc3ccccc3)CC2)c(C(=O)N2CCCCC2)c1. The Balaban J connectivity index is 1.52. The van der Waals surface area contributed by atoms with Crippen molar-refractivity contribution < 1.29 is 13.2 Å². The summed E-state index contributed by atoms with van der Waals surface area (Å²) in [7, 11) is -3.41. The van der Waals surface area contributed by atoms with Crippen LogP contribution in [0.4, 0.5) is 11.4 Å². The van der Waals surface area contributed by atoms with E-state index in [4.69, 9.17) is 0 Å². The van der Waals surface area contributed by atoms with Crippen molar-refractivity contribution in [1.29, 1.82) is 0 Å². The maximum absolute atomic E-state index is 13.4. The summed E-state index contributed by atoms with van der Waals surface area (Å²) < 4.78 is 26.0. The van der Waals surface area contributed by atoms with Gasteiger partial charge < -0.3 is 9.80 Å². The van der Waals surface area contributed by atoms with Crippen molar-refractivity contribution in [1.82, 2.24) is 4.90 Å². The van der Waals surface area contributed by atoms with E-state index in [1.807, 2.05) is 11.0 Å². The van der Waals surface area contributed by atoms with Gasteiger partial charge >= 0.3 is 0 Å². The van der Waals surface area contributed by atoms with Crippen molar-refractivity contribution >= 4 is 27.3 Å². The normalized spacial score (nSPS) is 17.9. The van der Waals surface area contributed by atoms with E-state index in [1.165, 1.54) is 5.56 Å². The van der Waals surface area contributed by atoms with Gasteiger partial charge in [0.1, 0.15) is 0 Å². The summed E-state index contributed by atoms with van der Waals surface area (Å²) in [6.07, 6.45) is 7.57. The second-order valence-electron chi connectivity index (χ2n) is 9.08. The van der Waals surface area contributed by atoms with Gasteiger partial charge in [0, 0.05) is 37.6 Å². The van der Waals surface area contributed by atoms with Gasteiger partial charge in [0.15, 0.2) is 0 Å². The predicted molar refractivity (Wildman–Crippen MR) is 130 cm³/mol. The molecule has 7 heteroatoms. The number of nitrogens with one attached hydrogen (secondary N) is 1. The zero-order chi connectivity index (χ0) is 22.6. The molecule has 2 saturated heterocycles. The van der Waals surface area contributed by atoms with Gasteiger partial charge in [0.2, 0.25) is 10.0 Å². The number of nitrogens with zero attached hydrogens (tertiary/aromatic N) is 2. The van der Waals surface area contributed by atoms with Crippen molar-refractivity contribution in [2.45, 2.75) is 38.5 Å². The number of benzene rings is 2. The molecule has 0 aromatic heterocycles. The Bertz CT molecular complexity index is 1030. The average molecular weight is 456 g/mol. The lowest BCUT2D eigenvalue weighted by molar-refractivity contribution is 0.0725. The van der Waals surface area contributed by atoms with Gasteiger partial charge in [0.25, 0.3) is 5.91 Å². The fourth-order valence-electron chi connectivity index (χ4n) is 4.85. The van der Waals surface area contributed by atoms with Gasteiger partial charge in [-0.25, -0.2) is 8.42 Å². The van der Waals surface area contributed by atoms with Gasteiger partial charge in [-0.05, 0) is 68.2 Å². The maximum Gasteiger partial charge on any atom is 0.256 e. The molecule has 0 spiro atoms. The van der Waals surface area contributed by atoms with Crippen molar-refractivity contribution in [3.05, 3.63) is 59.7 Å². The van der Waals surface area contributed by atoms with Crippen LogP contribution in [0, 0.1) is 5.92 Å². The smallest absolute Gasteiger partial charge is 0.256 e. The number of hydrogen-bond donors (Lipinski definition) is 1. The van der Waals surface area contributed by atoms with Crippen LogP contribution in [0.2, 0.25) is 0 Å². The van der Waals surface area contributed by atoms with Crippen molar-refractivity contribution in [2.24, 2.45) is 5.92 Å². The lowest BCUT2D eigenvalue weighted by Crippen LogP contribution is -2.39. The van der Waals surface area contributed by atoms with E-state index >= 15 is 0 Å². The van der Waals surface area contributed by atoms with E-state index < -0.39 is 10.0 Å². The van der Waals surface area contributed by atoms with Crippen LogP contribution in [-0.4, -0.2) is 51.7 Å². The van der Waals surface area contributed by atoms with Gasteiger partial charge in [-0.2, -0.15) is 0 Å². The molecule has 2 aliphatic heterocycles. The zero-order valence-corrected chi connectivity index (χ0v) is 19.6. The first-order valence-electron chi connectivity index (χ1n) is 11.6. The fraction of sp³-hybridized carbons (Fsp3) is 0.480. The first-order valence-corrected chi connectivity index (χ1v) is 13.5. The van der Waals surface area contributed by atoms with Crippen molar-refractivity contribution in [3.63, 3.8) is 0 Å². The molecular weight excluding hydrogens is 422 g/mol. The molecule has 172 valence electrons. The van der Waals surface area contributed by atoms with Crippen LogP contribution in [0.5, 0.6) is 0 Å². The Labute approximate surface area is 191 Å². The van der Waals surface area contributed by atoms with Crippen LogP contribution in [0.1, 0.15) is 48.0 Å². The Morgan fingerprint density at radius 1 is 0.969 bits per heavy atom. The second-order valence-corrected chi connectivity index (χ2v) is 10.8. The number of carbonyl (C=O) groups excluding carboxylic acids is 1. The van der Waals surface area contributed by atoms with Crippen LogP contribution in [0.25, 0.3) is 0 Å². The molecule has 0 radical (unpaired) electrons. The van der Waals surface area contributed by atoms with E-state index in [9.17, 15) is 13.2 Å². The molecule has 2 heterocycles. The van der Waals surface area contributed by atoms with Crippen LogP contribution in [0.3, 0.4) is 0 Å². The summed E-state index contributed by atoms with van der Waals surface area (Å²) in [6.45, 7) is 3.33.